The van der Waals surface area contributed by atoms with Gasteiger partial charge in [0, 0.05) is 12.5 Å². The van der Waals surface area contributed by atoms with Crippen LogP contribution in [0.2, 0.25) is 0 Å². The van der Waals surface area contributed by atoms with Gasteiger partial charge in [-0.05, 0) is 49.1 Å². The number of rotatable bonds is 2. The molecule has 1 N–H and O–H groups in total. The molecule has 0 saturated heterocycles. The zero-order valence-electron chi connectivity index (χ0n) is 9.63. The number of hydrogen-bond acceptors (Lipinski definition) is 1. The molecule has 1 nitrogen and oxygen atoms in total. The highest BCUT2D eigenvalue weighted by molar-refractivity contribution is 5.22. The molecule has 3 atom stereocenters. The molecule has 0 aliphatic heterocycles. The summed E-state index contributed by atoms with van der Waals surface area (Å²) >= 11 is 0. The third kappa shape index (κ3) is 1.86. The summed E-state index contributed by atoms with van der Waals surface area (Å²) < 4.78 is 26.4. The van der Waals surface area contributed by atoms with Crippen molar-refractivity contribution in [3.8, 4) is 0 Å². The van der Waals surface area contributed by atoms with Crippen LogP contribution >= 0.6 is 0 Å². The van der Waals surface area contributed by atoms with E-state index in [0.717, 1.165) is 25.3 Å². The molecule has 2 saturated carbocycles. The lowest BCUT2D eigenvalue weighted by Crippen LogP contribution is -2.37. The van der Waals surface area contributed by atoms with Crippen molar-refractivity contribution in [3.05, 3.63) is 35.4 Å². The number of halogens is 2. The highest BCUT2D eigenvalue weighted by Crippen LogP contribution is 2.52. The van der Waals surface area contributed by atoms with Gasteiger partial charge in [-0.2, -0.15) is 0 Å². The molecule has 1 aromatic rings. The van der Waals surface area contributed by atoms with E-state index in [1.165, 1.54) is 18.6 Å². The topological polar surface area (TPSA) is 20.2 Å². The van der Waals surface area contributed by atoms with E-state index in [-0.39, 0.29) is 0 Å². The van der Waals surface area contributed by atoms with Crippen LogP contribution in [0.5, 0.6) is 0 Å². The molecule has 92 valence electrons. The van der Waals surface area contributed by atoms with E-state index >= 15 is 0 Å². The van der Waals surface area contributed by atoms with Crippen molar-refractivity contribution in [2.75, 3.05) is 0 Å². The largest absolute Gasteiger partial charge is 0.389 e. The summed E-state index contributed by atoms with van der Waals surface area (Å²) in [6, 6.07) is 3.61. The Morgan fingerprint density at radius 3 is 2.71 bits per heavy atom. The highest BCUT2D eigenvalue weighted by atomic mass is 19.1. The minimum atomic E-state index is -0.762. The number of benzene rings is 1. The van der Waals surface area contributed by atoms with Crippen molar-refractivity contribution in [2.24, 2.45) is 11.8 Å². The van der Waals surface area contributed by atoms with Crippen molar-refractivity contribution in [1.82, 2.24) is 0 Å². The van der Waals surface area contributed by atoms with Gasteiger partial charge in [-0.15, -0.1) is 0 Å². The van der Waals surface area contributed by atoms with Crippen LogP contribution in [0.3, 0.4) is 0 Å². The summed E-state index contributed by atoms with van der Waals surface area (Å²) in [6.45, 7) is 0. The fourth-order valence-electron chi connectivity index (χ4n) is 3.63. The molecule has 3 unspecified atom stereocenters. The second-order valence-electron chi connectivity index (χ2n) is 5.60. The summed E-state index contributed by atoms with van der Waals surface area (Å²) in [4.78, 5) is 0. The first-order chi connectivity index (χ1) is 8.07. The Hall–Kier alpha value is -0.960. The van der Waals surface area contributed by atoms with Gasteiger partial charge in [-0.3, -0.25) is 0 Å². The van der Waals surface area contributed by atoms with Crippen molar-refractivity contribution in [1.29, 1.82) is 0 Å². The van der Waals surface area contributed by atoms with E-state index in [0.29, 0.717) is 23.8 Å². The lowest BCUT2D eigenvalue weighted by Gasteiger charge is -2.32. The van der Waals surface area contributed by atoms with Gasteiger partial charge >= 0.3 is 0 Å². The normalized spacial score (nSPS) is 35.5. The van der Waals surface area contributed by atoms with Gasteiger partial charge in [0.15, 0.2) is 0 Å². The Kier molecular flexibility index (Phi) is 2.47. The SMILES string of the molecule is OC1(Cc2ccc(F)cc2F)CC2CCC1C2. The first-order valence-electron chi connectivity index (χ1n) is 6.23. The smallest absolute Gasteiger partial charge is 0.129 e. The molecule has 0 spiro atoms. The molecule has 0 radical (unpaired) electrons. The quantitative estimate of drug-likeness (QED) is 0.839. The maximum Gasteiger partial charge on any atom is 0.129 e. The van der Waals surface area contributed by atoms with Gasteiger partial charge in [-0.1, -0.05) is 6.07 Å². The minimum Gasteiger partial charge on any atom is -0.389 e. The minimum absolute atomic E-state index is 0.303. The summed E-state index contributed by atoms with van der Waals surface area (Å²) in [6.07, 6.45) is 4.40. The fourth-order valence-corrected chi connectivity index (χ4v) is 3.63. The zero-order chi connectivity index (χ0) is 12.0. The number of hydrogen-bond donors (Lipinski definition) is 1. The van der Waals surface area contributed by atoms with Gasteiger partial charge in [0.1, 0.15) is 11.6 Å². The van der Waals surface area contributed by atoms with E-state index in [1.54, 1.807) is 0 Å². The van der Waals surface area contributed by atoms with E-state index in [2.05, 4.69) is 0 Å². The van der Waals surface area contributed by atoms with Gasteiger partial charge in [-0.25, -0.2) is 8.78 Å². The maximum absolute atomic E-state index is 13.6. The molecule has 2 aliphatic rings. The molecule has 17 heavy (non-hydrogen) atoms. The summed E-state index contributed by atoms with van der Waals surface area (Å²) in [5.74, 6) is -0.196. The Morgan fingerprint density at radius 2 is 2.12 bits per heavy atom. The first kappa shape index (κ1) is 11.1. The van der Waals surface area contributed by atoms with Crippen LogP contribution in [0.4, 0.5) is 8.78 Å². The Balaban J connectivity index is 1.83. The molecule has 3 rings (SSSR count). The van der Waals surface area contributed by atoms with Crippen molar-refractivity contribution >= 4 is 0 Å². The van der Waals surface area contributed by atoms with Crippen LogP contribution in [0.15, 0.2) is 18.2 Å². The Bertz CT molecular complexity index is 446. The van der Waals surface area contributed by atoms with Gasteiger partial charge in [0.2, 0.25) is 0 Å². The first-order valence-corrected chi connectivity index (χ1v) is 6.23. The van der Waals surface area contributed by atoms with Gasteiger partial charge in [0.05, 0.1) is 5.60 Å². The van der Waals surface area contributed by atoms with Crippen LogP contribution in [0.1, 0.15) is 31.2 Å². The number of fused-ring (bicyclic) bond motifs is 2. The zero-order valence-corrected chi connectivity index (χ0v) is 9.63. The molecule has 2 aliphatic carbocycles. The standard InChI is InChI=1S/C14H16F2O/c15-12-4-2-10(13(16)6-12)8-14(17)7-9-1-3-11(14)5-9/h2,4,6,9,11,17H,1,3,5,7-8H2. The van der Waals surface area contributed by atoms with E-state index in [9.17, 15) is 13.9 Å². The highest BCUT2D eigenvalue weighted by Gasteiger charge is 2.49. The lowest BCUT2D eigenvalue weighted by molar-refractivity contribution is -0.0131. The van der Waals surface area contributed by atoms with E-state index in [4.69, 9.17) is 0 Å². The molecular weight excluding hydrogens is 222 g/mol. The van der Waals surface area contributed by atoms with Crippen molar-refractivity contribution in [3.63, 3.8) is 0 Å². The summed E-state index contributed by atoms with van der Waals surface area (Å²) in [5.41, 5.74) is -0.330. The Morgan fingerprint density at radius 1 is 1.29 bits per heavy atom. The number of aliphatic hydroxyl groups is 1. The Labute approximate surface area is 99.5 Å². The summed E-state index contributed by atoms with van der Waals surface area (Å²) in [5, 5.41) is 10.6. The lowest BCUT2D eigenvalue weighted by atomic mass is 9.80. The van der Waals surface area contributed by atoms with Crippen LogP contribution in [-0.2, 0) is 6.42 Å². The van der Waals surface area contributed by atoms with Crippen molar-refractivity contribution < 1.29 is 13.9 Å². The molecule has 0 amide bonds. The molecule has 0 aromatic heterocycles. The predicted molar refractivity (Wildman–Crippen MR) is 60.5 cm³/mol. The van der Waals surface area contributed by atoms with Crippen LogP contribution in [0, 0.1) is 23.5 Å². The predicted octanol–water partition coefficient (Wildman–Crippen LogP) is 3.06. The second kappa shape index (κ2) is 3.77. The third-order valence-electron chi connectivity index (χ3n) is 4.45. The molecular formula is C14H16F2O. The third-order valence-corrected chi connectivity index (χ3v) is 4.45. The van der Waals surface area contributed by atoms with E-state index in [1.807, 2.05) is 0 Å². The maximum atomic E-state index is 13.6. The van der Waals surface area contributed by atoms with Crippen LogP contribution in [0.25, 0.3) is 0 Å². The van der Waals surface area contributed by atoms with E-state index < -0.39 is 17.2 Å². The van der Waals surface area contributed by atoms with Gasteiger partial charge < -0.3 is 5.11 Å². The monoisotopic (exact) mass is 238 g/mol. The molecule has 2 bridgehead atoms. The molecule has 2 fully saturated rings. The van der Waals surface area contributed by atoms with Crippen molar-refractivity contribution in [2.45, 2.75) is 37.7 Å². The molecule has 0 heterocycles. The fraction of sp³-hybridized carbons (Fsp3) is 0.571. The van der Waals surface area contributed by atoms with Gasteiger partial charge in [0.25, 0.3) is 0 Å². The average molecular weight is 238 g/mol. The molecule has 1 aromatic carbocycles. The van der Waals surface area contributed by atoms with Crippen LogP contribution < -0.4 is 0 Å². The molecule has 3 heteroatoms. The van der Waals surface area contributed by atoms with Crippen LogP contribution in [-0.4, -0.2) is 10.7 Å². The second-order valence-corrected chi connectivity index (χ2v) is 5.60. The average Bonchev–Trinajstić information content (AvgIpc) is 2.82. The summed E-state index contributed by atoms with van der Waals surface area (Å²) in [7, 11) is 0.